The average Bonchev–Trinajstić information content (AvgIpc) is 3.19. The van der Waals surface area contributed by atoms with E-state index < -0.39 is 8.24 Å². The molecule has 2 saturated carbocycles. The molecule has 0 bridgehead atoms. The predicted molar refractivity (Wildman–Crippen MR) is 144 cm³/mol. The van der Waals surface area contributed by atoms with E-state index in [9.17, 15) is 0 Å². The van der Waals surface area contributed by atoms with Crippen LogP contribution in [0.3, 0.4) is 0 Å². The monoisotopic (exact) mass is 454 g/mol. The molecule has 0 amide bonds. The molecule has 1 heterocycles. The van der Waals surface area contributed by atoms with Gasteiger partial charge in [-0.15, -0.1) is 0 Å². The van der Waals surface area contributed by atoms with Gasteiger partial charge in [0.15, 0.2) is 8.24 Å². The van der Waals surface area contributed by atoms with Crippen molar-refractivity contribution in [3.05, 3.63) is 72.3 Å². The summed E-state index contributed by atoms with van der Waals surface area (Å²) in [6.07, 6.45) is 16.1. The van der Waals surface area contributed by atoms with E-state index in [1.165, 1.54) is 61.3 Å². The minimum Gasteiger partial charge on any atom is -0.366 e. The number of allylic oxidation sites excluding steroid dienone is 4. The molecular formula is C30H38N2Si. The fourth-order valence-corrected chi connectivity index (χ4v) is 12.7. The number of anilines is 4. The smallest absolute Gasteiger partial charge is 0.160 e. The zero-order valence-corrected chi connectivity index (χ0v) is 21.4. The molecule has 3 aliphatic carbocycles. The van der Waals surface area contributed by atoms with Crippen LogP contribution in [0.1, 0.15) is 45.4 Å². The second-order valence-corrected chi connectivity index (χ2v) is 15.9. The number of hydrogen-bond donors (Lipinski definition) is 1. The fourth-order valence-electron chi connectivity index (χ4n) is 8.00. The third-order valence-electron chi connectivity index (χ3n) is 9.20. The third kappa shape index (κ3) is 3.42. The van der Waals surface area contributed by atoms with Crippen molar-refractivity contribution in [1.82, 2.24) is 0 Å². The second-order valence-electron chi connectivity index (χ2n) is 11.5. The van der Waals surface area contributed by atoms with E-state index in [4.69, 9.17) is 0 Å². The zero-order valence-electron chi connectivity index (χ0n) is 20.4. The maximum absolute atomic E-state index is 3.71. The maximum Gasteiger partial charge on any atom is 0.160 e. The summed E-state index contributed by atoms with van der Waals surface area (Å²) in [6.45, 7) is 7.84. The van der Waals surface area contributed by atoms with E-state index in [0.29, 0.717) is 5.92 Å². The molecule has 2 aromatic carbocycles. The molecule has 4 aliphatic rings. The van der Waals surface area contributed by atoms with Gasteiger partial charge in [0.1, 0.15) is 0 Å². The van der Waals surface area contributed by atoms with E-state index in [2.05, 4.69) is 96.7 Å². The van der Waals surface area contributed by atoms with Gasteiger partial charge in [-0.05, 0) is 72.7 Å². The Morgan fingerprint density at radius 3 is 2.18 bits per heavy atom. The second kappa shape index (κ2) is 8.20. The Labute approximate surface area is 200 Å². The number of rotatable bonds is 3. The predicted octanol–water partition coefficient (Wildman–Crippen LogP) is 8.81. The summed E-state index contributed by atoms with van der Waals surface area (Å²) in [6, 6.07) is 17.9. The van der Waals surface area contributed by atoms with Crippen molar-refractivity contribution >= 4 is 31.0 Å². The molecule has 0 aromatic heterocycles. The van der Waals surface area contributed by atoms with Crippen molar-refractivity contribution in [3.8, 4) is 0 Å². The first-order chi connectivity index (χ1) is 16.1. The highest BCUT2D eigenvalue weighted by molar-refractivity contribution is 6.84. The van der Waals surface area contributed by atoms with Gasteiger partial charge >= 0.3 is 0 Å². The summed E-state index contributed by atoms with van der Waals surface area (Å²) in [4.78, 5) is 0. The highest BCUT2D eigenvalue weighted by Gasteiger charge is 2.54. The van der Waals surface area contributed by atoms with Crippen LogP contribution in [0.4, 0.5) is 22.7 Å². The average molecular weight is 455 g/mol. The number of fused-ring (bicyclic) bond motifs is 3. The summed E-state index contributed by atoms with van der Waals surface area (Å²) in [5, 5.41) is 3.71. The first-order valence-electron chi connectivity index (χ1n) is 13.2. The van der Waals surface area contributed by atoms with Gasteiger partial charge in [-0.3, -0.25) is 0 Å². The minimum absolute atomic E-state index is 0.692. The SMILES string of the molecule is C[C@@H]1C[C@@H]2C(C3CCCCC3)=CC=C[C@@H]2C1[Si](C)(C)N1c2ccccc2Nc2ccccc21. The largest absolute Gasteiger partial charge is 0.366 e. The molecule has 2 nitrogen and oxygen atoms in total. The molecular weight excluding hydrogens is 416 g/mol. The highest BCUT2D eigenvalue weighted by atomic mass is 28.3. The van der Waals surface area contributed by atoms with Crippen LogP contribution in [-0.4, -0.2) is 8.24 Å². The molecule has 33 heavy (non-hydrogen) atoms. The van der Waals surface area contributed by atoms with Gasteiger partial charge in [-0.25, -0.2) is 0 Å². The van der Waals surface area contributed by atoms with Crippen LogP contribution in [0.25, 0.3) is 0 Å². The first kappa shape index (κ1) is 21.3. The van der Waals surface area contributed by atoms with Gasteiger partial charge in [0.05, 0.1) is 22.7 Å². The van der Waals surface area contributed by atoms with E-state index in [-0.39, 0.29) is 0 Å². The molecule has 3 heteroatoms. The van der Waals surface area contributed by atoms with Crippen molar-refractivity contribution < 1.29 is 0 Å². The Balaban J connectivity index is 1.39. The molecule has 0 radical (unpaired) electrons. The van der Waals surface area contributed by atoms with Crippen LogP contribution in [0.2, 0.25) is 18.6 Å². The van der Waals surface area contributed by atoms with E-state index >= 15 is 0 Å². The van der Waals surface area contributed by atoms with Crippen molar-refractivity contribution in [2.24, 2.45) is 23.7 Å². The summed E-state index contributed by atoms with van der Waals surface area (Å²) < 4.78 is 2.80. The standard InChI is InChI=1S/C30H38N2Si/c1-21-20-25-23(22-12-5-4-6-13-22)14-11-15-24(25)30(21)33(2,3)32-28-18-9-7-16-26(28)31-27-17-8-10-19-29(27)32/h7-11,14-19,21-22,24-25,30-31H,4-6,12-13,20H2,1-3H3/t21-,24+,25-,30?/m1/s1. The lowest BCUT2D eigenvalue weighted by Crippen LogP contribution is -2.53. The number of para-hydroxylation sites is 4. The normalized spacial score (nSPS) is 29.1. The Kier molecular flexibility index (Phi) is 5.29. The molecule has 6 rings (SSSR count). The van der Waals surface area contributed by atoms with Gasteiger partial charge < -0.3 is 9.88 Å². The quantitative estimate of drug-likeness (QED) is 0.466. The van der Waals surface area contributed by atoms with Crippen LogP contribution >= 0.6 is 0 Å². The maximum atomic E-state index is 3.71. The lowest BCUT2D eigenvalue weighted by Gasteiger charge is -2.49. The van der Waals surface area contributed by atoms with Gasteiger partial charge in [-0.1, -0.05) is 87.3 Å². The van der Waals surface area contributed by atoms with E-state index in [1.54, 1.807) is 0 Å². The molecule has 4 atom stereocenters. The summed E-state index contributed by atoms with van der Waals surface area (Å²) in [7, 11) is -1.91. The first-order valence-corrected chi connectivity index (χ1v) is 16.2. The summed E-state index contributed by atoms with van der Waals surface area (Å²) >= 11 is 0. The number of nitrogens with zero attached hydrogens (tertiary/aromatic N) is 1. The van der Waals surface area contributed by atoms with Crippen LogP contribution in [-0.2, 0) is 0 Å². The van der Waals surface area contributed by atoms with Crippen LogP contribution in [0.5, 0.6) is 0 Å². The Bertz CT molecular complexity index is 1050. The summed E-state index contributed by atoms with van der Waals surface area (Å²) in [5.41, 5.74) is 7.78. The van der Waals surface area contributed by atoms with Gasteiger partial charge in [0.25, 0.3) is 0 Å². The summed E-state index contributed by atoms with van der Waals surface area (Å²) in [5.74, 6) is 3.05. The molecule has 2 fully saturated rings. The van der Waals surface area contributed by atoms with Crippen molar-refractivity contribution in [2.45, 2.75) is 64.1 Å². The van der Waals surface area contributed by atoms with Crippen molar-refractivity contribution in [1.29, 1.82) is 0 Å². The van der Waals surface area contributed by atoms with Crippen LogP contribution in [0, 0.1) is 23.7 Å². The lowest BCUT2D eigenvalue weighted by atomic mass is 9.73. The molecule has 0 saturated heterocycles. The van der Waals surface area contributed by atoms with Crippen molar-refractivity contribution in [3.63, 3.8) is 0 Å². The number of nitrogens with one attached hydrogen (secondary N) is 1. The Hall–Kier alpha value is -2.26. The number of benzene rings is 2. The molecule has 1 aliphatic heterocycles. The van der Waals surface area contributed by atoms with E-state index in [0.717, 1.165) is 23.3 Å². The highest BCUT2D eigenvalue weighted by Crippen LogP contribution is 2.59. The van der Waals surface area contributed by atoms with Crippen LogP contribution in [0.15, 0.2) is 72.3 Å². The fraction of sp³-hybridized carbons (Fsp3) is 0.467. The lowest BCUT2D eigenvalue weighted by molar-refractivity contribution is 0.353. The van der Waals surface area contributed by atoms with Gasteiger partial charge in [0, 0.05) is 0 Å². The Morgan fingerprint density at radius 2 is 1.52 bits per heavy atom. The van der Waals surface area contributed by atoms with E-state index in [1.807, 2.05) is 5.57 Å². The van der Waals surface area contributed by atoms with Gasteiger partial charge in [0.2, 0.25) is 0 Å². The zero-order chi connectivity index (χ0) is 22.6. The molecule has 172 valence electrons. The molecule has 0 spiro atoms. The molecule has 1 N–H and O–H groups in total. The molecule has 2 aromatic rings. The Morgan fingerprint density at radius 1 is 0.879 bits per heavy atom. The molecule has 1 unspecified atom stereocenters. The van der Waals surface area contributed by atoms with Gasteiger partial charge in [-0.2, -0.15) is 0 Å². The minimum atomic E-state index is -1.91. The third-order valence-corrected chi connectivity index (χ3v) is 13.4. The topological polar surface area (TPSA) is 15.3 Å². The number of hydrogen-bond acceptors (Lipinski definition) is 2. The van der Waals surface area contributed by atoms with Crippen molar-refractivity contribution in [2.75, 3.05) is 9.88 Å². The van der Waals surface area contributed by atoms with Crippen LogP contribution < -0.4 is 9.88 Å².